The molecular formula is C36H44N4O5. The molecule has 0 saturated heterocycles. The average Bonchev–Trinajstić information content (AvgIpc) is 2.97. The van der Waals surface area contributed by atoms with E-state index in [4.69, 9.17) is 0 Å². The number of carboxylic acid groups (broad SMARTS) is 1. The molecule has 2 aromatic carbocycles. The van der Waals surface area contributed by atoms with Gasteiger partial charge < -0.3 is 25.7 Å². The lowest BCUT2D eigenvalue weighted by Gasteiger charge is -2.51. The standard InChI is InChI=1S/C36H44N4O5/c1-23(2)40(24(3)41)29-16-10-25(11-17-29)18-33(42)38-32-19-30(26-8-6-5-7-9-26)31(20-37-32)27-12-14-28(15-13-27)36(39-34(43)44)21-35(4,45)22-36/h5-9,12-15,19-20,23,25,29,39,45H,10-11,16-18,21-22H2,1-4H3,(H,43,44)(H,37,38,42)/t25-,29-,35-,36+. The van der Waals surface area contributed by atoms with Gasteiger partial charge in [0.15, 0.2) is 0 Å². The summed E-state index contributed by atoms with van der Waals surface area (Å²) in [5.74, 6) is 0.795. The lowest BCUT2D eigenvalue weighted by molar-refractivity contribution is -0.134. The highest BCUT2D eigenvalue weighted by molar-refractivity contribution is 5.92. The van der Waals surface area contributed by atoms with E-state index in [1.807, 2.05) is 65.6 Å². The van der Waals surface area contributed by atoms with Crippen LogP contribution in [0.1, 0.15) is 78.2 Å². The van der Waals surface area contributed by atoms with Crippen LogP contribution in [0.2, 0.25) is 0 Å². The van der Waals surface area contributed by atoms with Crippen LogP contribution in [-0.2, 0) is 15.1 Å². The summed E-state index contributed by atoms with van der Waals surface area (Å²) in [7, 11) is 0. The van der Waals surface area contributed by atoms with E-state index in [0.717, 1.165) is 53.5 Å². The molecule has 5 rings (SSSR count). The van der Waals surface area contributed by atoms with Crippen molar-refractivity contribution in [1.82, 2.24) is 15.2 Å². The van der Waals surface area contributed by atoms with Crippen molar-refractivity contribution in [3.8, 4) is 22.3 Å². The number of anilines is 1. The van der Waals surface area contributed by atoms with Crippen LogP contribution in [0.25, 0.3) is 22.3 Å². The van der Waals surface area contributed by atoms with Gasteiger partial charge in [0.05, 0.1) is 11.1 Å². The van der Waals surface area contributed by atoms with Crippen molar-refractivity contribution in [2.45, 2.75) is 95.9 Å². The summed E-state index contributed by atoms with van der Waals surface area (Å²) in [4.78, 5) is 43.4. The zero-order chi connectivity index (χ0) is 32.4. The molecule has 3 aromatic rings. The minimum atomic E-state index is -1.12. The van der Waals surface area contributed by atoms with Gasteiger partial charge >= 0.3 is 6.09 Å². The Bertz CT molecular complexity index is 1520. The third-order valence-electron chi connectivity index (χ3n) is 9.32. The molecule has 2 fully saturated rings. The van der Waals surface area contributed by atoms with E-state index >= 15 is 0 Å². The van der Waals surface area contributed by atoms with Gasteiger partial charge in [0.1, 0.15) is 5.82 Å². The van der Waals surface area contributed by atoms with Gasteiger partial charge in [-0.1, -0.05) is 54.6 Å². The Morgan fingerprint density at radius 3 is 2.13 bits per heavy atom. The predicted octanol–water partition coefficient (Wildman–Crippen LogP) is 6.57. The first-order valence-corrected chi connectivity index (χ1v) is 15.8. The van der Waals surface area contributed by atoms with Crippen LogP contribution in [0, 0.1) is 5.92 Å². The van der Waals surface area contributed by atoms with Crippen molar-refractivity contribution in [3.63, 3.8) is 0 Å². The summed E-state index contributed by atoms with van der Waals surface area (Å²) in [5.41, 5.74) is 2.72. The Kier molecular flexibility index (Phi) is 9.30. The first-order valence-electron chi connectivity index (χ1n) is 15.8. The Morgan fingerprint density at radius 1 is 0.956 bits per heavy atom. The second kappa shape index (κ2) is 13.0. The fourth-order valence-corrected chi connectivity index (χ4v) is 7.52. The molecule has 0 unspecified atom stereocenters. The van der Waals surface area contributed by atoms with Crippen LogP contribution in [0.4, 0.5) is 10.6 Å². The largest absolute Gasteiger partial charge is 0.465 e. The lowest BCUT2D eigenvalue weighted by Crippen LogP contribution is -2.61. The summed E-state index contributed by atoms with van der Waals surface area (Å²) in [6.07, 6.45) is 5.29. The molecule has 4 N–H and O–H groups in total. The number of rotatable bonds is 9. The first kappa shape index (κ1) is 32.2. The third kappa shape index (κ3) is 7.36. The van der Waals surface area contributed by atoms with Gasteiger partial charge in [-0.05, 0) is 80.7 Å². The molecule has 0 spiro atoms. The minimum Gasteiger partial charge on any atom is -0.465 e. The van der Waals surface area contributed by atoms with Crippen LogP contribution in [0.5, 0.6) is 0 Å². The number of hydrogen-bond donors (Lipinski definition) is 4. The van der Waals surface area contributed by atoms with Gasteiger partial charge in [0, 0.05) is 50.0 Å². The van der Waals surface area contributed by atoms with Gasteiger partial charge in [0.2, 0.25) is 11.8 Å². The van der Waals surface area contributed by atoms with Gasteiger partial charge in [-0.25, -0.2) is 9.78 Å². The van der Waals surface area contributed by atoms with Crippen molar-refractivity contribution in [2.24, 2.45) is 5.92 Å². The van der Waals surface area contributed by atoms with Crippen molar-refractivity contribution < 1.29 is 24.6 Å². The van der Waals surface area contributed by atoms with E-state index in [9.17, 15) is 24.6 Å². The second-order valence-corrected chi connectivity index (χ2v) is 13.4. The smallest absolute Gasteiger partial charge is 0.405 e. The molecule has 238 valence electrons. The molecule has 2 aliphatic carbocycles. The SMILES string of the molecule is CC(=O)N(C(C)C)[C@H]1CC[C@H](CC(=O)Nc2cc(-c3ccccc3)c(-c3ccc([C@]4(NC(=O)O)C[C@@](C)(O)C4)cc3)cn2)CC1. The van der Waals surface area contributed by atoms with Crippen molar-refractivity contribution in [3.05, 3.63) is 72.4 Å². The van der Waals surface area contributed by atoms with Crippen LogP contribution < -0.4 is 10.6 Å². The van der Waals surface area contributed by atoms with E-state index in [-0.39, 0.29) is 29.8 Å². The third-order valence-corrected chi connectivity index (χ3v) is 9.32. The number of nitrogens with zero attached hydrogens (tertiary/aromatic N) is 2. The molecule has 0 atom stereocenters. The zero-order valence-corrected chi connectivity index (χ0v) is 26.5. The molecule has 45 heavy (non-hydrogen) atoms. The number of benzene rings is 2. The molecule has 2 aliphatic rings. The maximum atomic E-state index is 13.1. The second-order valence-electron chi connectivity index (χ2n) is 13.4. The van der Waals surface area contributed by atoms with E-state index in [0.29, 0.717) is 25.1 Å². The van der Waals surface area contributed by atoms with E-state index in [1.165, 1.54) is 0 Å². The monoisotopic (exact) mass is 612 g/mol. The maximum Gasteiger partial charge on any atom is 0.405 e. The Balaban J connectivity index is 1.31. The average molecular weight is 613 g/mol. The topological polar surface area (TPSA) is 132 Å². The summed E-state index contributed by atoms with van der Waals surface area (Å²) in [6, 6.07) is 19.9. The van der Waals surface area contributed by atoms with Crippen LogP contribution in [-0.4, -0.2) is 55.7 Å². The lowest BCUT2D eigenvalue weighted by atomic mass is 9.62. The fraction of sp³-hybridized carbons (Fsp3) is 0.444. The molecule has 0 radical (unpaired) electrons. The molecular weight excluding hydrogens is 568 g/mol. The Labute approximate surface area is 265 Å². The van der Waals surface area contributed by atoms with Crippen molar-refractivity contribution in [1.29, 1.82) is 0 Å². The molecule has 9 heteroatoms. The molecule has 9 nitrogen and oxygen atoms in total. The predicted molar refractivity (Wildman–Crippen MR) is 174 cm³/mol. The van der Waals surface area contributed by atoms with Crippen LogP contribution >= 0.6 is 0 Å². The highest BCUT2D eigenvalue weighted by atomic mass is 16.4. The van der Waals surface area contributed by atoms with Gasteiger partial charge in [-0.2, -0.15) is 0 Å². The molecule has 1 heterocycles. The summed E-state index contributed by atoms with van der Waals surface area (Å²) in [5, 5.41) is 25.5. The molecule has 1 aromatic heterocycles. The Morgan fingerprint density at radius 2 is 1.58 bits per heavy atom. The number of pyridine rings is 1. The molecule has 0 aliphatic heterocycles. The maximum absolute atomic E-state index is 13.1. The minimum absolute atomic E-state index is 0.0676. The van der Waals surface area contributed by atoms with E-state index < -0.39 is 17.2 Å². The molecule has 0 bridgehead atoms. The number of aromatic nitrogens is 1. The zero-order valence-electron chi connectivity index (χ0n) is 26.5. The number of amides is 3. The highest BCUT2D eigenvalue weighted by Gasteiger charge is 2.53. The van der Waals surface area contributed by atoms with E-state index in [1.54, 1.807) is 20.0 Å². The summed E-state index contributed by atoms with van der Waals surface area (Å²) in [6.45, 7) is 7.44. The van der Waals surface area contributed by atoms with Gasteiger partial charge in [0.25, 0.3) is 0 Å². The number of nitrogens with one attached hydrogen (secondary N) is 2. The number of carbonyl (C=O) groups is 3. The number of carbonyl (C=O) groups excluding carboxylic acids is 2. The summed E-state index contributed by atoms with van der Waals surface area (Å²) < 4.78 is 0. The Hall–Kier alpha value is -4.24. The van der Waals surface area contributed by atoms with Gasteiger partial charge in [-0.3, -0.25) is 9.59 Å². The van der Waals surface area contributed by atoms with E-state index in [2.05, 4.69) is 29.5 Å². The first-order chi connectivity index (χ1) is 21.4. The quantitative estimate of drug-likeness (QED) is 0.216. The molecule has 2 saturated carbocycles. The van der Waals surface area contributed by atoms with Crippen LogP contribution in [0.3, 0.4) is 0 Å². The van der Waals surface area contributed by atoms with Crippen molar-refractivity contribution in [2.75, 3.05) is 5.32 Å². The normalized spacial score (nSPS) is 24.4. The number of aliphatic hydroxyl groups is 1. The summed E-state index contributed by atoms with van der Waals surface area (Å²) >= 11 is 0. The van der Waals surface area contributed by atoms with Crippen LogP contribution in [0.15, 0.2) is 66.9 Å². The molecule has 3 amide bonds. The fourth-order valence-electron chi connectivity index (χ4n) is 7.52. The number of hydrogen-bond acceptors (Lipinski definition) is 5. The van der Waals surface area contributed by atoms with Gasteiger partial charge in [-0.15, -0.1) is 0 Å². The van der Waals surface area contributed by atoms with Crippen molar-refractivity contribution >= 4 is 23.7 Å². The highest BCUT2D eigenvalue weighted by Crippen LogP contribution is 2.48.